The Hall–Kier alpha value is -2.89. The van der Waals surface area contributed by atoms with E-state index in [0.717, 1.165) is 48.2 Å². The van der Waals surface area contributed by atoms with Gasteiger partial charge in [-0.25, -0.2) is 4.67 Å². The summed E-state index contributed by atoms with van der Waals surface area (Å²) in [5, 5.41) is 0. The highest BCUT2D eigenvalue weighted by molar-refractivity contribution is 7.44. The number of benzene rings is 4. The Balaban J connectivity index is 1.64. The maximum atomic E-state index is 7.87. The van der Waals surface area contributed by atoms with Crippen molar-refractivity contribution in [2.24, 2.45) is 0 Å². The van der Waals surface area contributed by atoms with E-state index in [-0.39, 0.29) is 0 Å². The lowest BCUT2D eigenvalue weighted by Crippen LogP contribution is -2.53. The van der Waals surface area contributed by atoms with Crippen molar-refractivity contribution in [3.63, 3.8) is 0 Å². The molecule has 0 radical (unpaired) electrons. The second kappa shape index (κ2) is 12.7. The van der Waals surface area contributed by atoms with Gasteiger partial charge < -0.3 is 18.5 Å². The maximum absolute atomic E-state index is 7.87. The molecule has 0 N–H and O–H groups in total. The van der Waals surface area contributed by atoms with Crippen LogP contribution in [-0.2, 0) is 29.7 Å². The van der Waals surface area contributed by atoms with Crippen molar-refractivity contribution in [2.75, 3.05) is 13.1 Å². The van der Waals surface area contributed by atoms with E-state index < -0.39 is 37.7 Å². The average molecular weight is 678 g/mol. The van der Waals surface area contributed by atoms with Crippen LogP contribution in [0, 0.1) is 55.4 Å². The predicted molar refractivity (Wildman–Crippen MR) is 199 cm³/mol. The molecule has 3 aliphatic heterocycles. The summed E-state index contributed by atoms with van der Waals surface area (Å²) in [6, 6.07) is 27.2. The Kier molecular flexibility index (Phi) is 8.96. The van der Waals surface area contributed by atoms with Crippen LogP contribution in [0.15, 0.2) is 72.8 Å². The number of hydrogen-bond donors (Lipinski definition) is 0. The highest BCUT2D eigenvalue weighted by Gasteiger charge is 2.67. The lowest BCUT2D eigenvalue weighted by Gasteiger charge is -2.42. The molecular formula is C43H52NO4P. The number of nitrogens with zero attached hydrogens (tertiary/aromatic N) is 1. The minimum absolute atomic E-state index is 0.568. The van der Waals surface area contributed by atoms with Crippen LogP contribution in [0.2, 0.25) is 0 Å². The molecule has 0 amide bonds. The van der Waals surface area contributed by atoms with E-state index >= 15 is 0 Å². The Morgan fingerprint density at radius 1 is 0.469 bits per heavy atom. The predicted octanol–water partition coefficient (Wildman–Crippen LogP) is 10.2. The molecule has 5 nitrogen and oxygen atoms in total. The van der Waals surface area contributed by atoms with Gasteiger partial charge in [0.25, 0.3) is 8.53 Å². The van der Waals surface area contributed by atoms with Crippen molar-refractivity contribution < 1.29 is 18.5 Å². The first kappa shape index (κ1) is 34.6. The molecule has 0 spiro atoms. The Labute approximate surface area is 294 Å². The topological polar surface area (TPSA) is 40.2 Å². The molecule has 6 heteroatoms. The molecule has 7 rings (SSSR count). The molecule has 0 aliphatic carbocycles. The quantitative estimate of drug-likeness (QED) is 0.197. The normalized spacial score (nSPS) is 23.4. The summed E-state index contributed by atoms with van der Waals surface area (Å²) in [7, 11) is -1.63. The van der Waals surface area contributed by atoms with Gasteiger partial charge >= 0.3 is 0 Å². The van der Waals surface area contributed by atoms with Crippen molar-refractivity contribution in [1.82, 2.24) is 4.67 Å². The van der Waals surface area contributed by atoms with Gasteiger partial charge in [0.05, 0.1) is 0 Å². The van der Waals surface area contributed by atoms with E-state index in [9.17, 15) is 0 Å². The fourth-order valence-corrected chi connectivity index (χ4v) is 10.7. The van der Waals surface area contributed by atoms with Crippen molar-refractivity contribution in [3.05, 3.63) is 140 Å². The third-order valence-corrected chi connectivity index (χ3v) is 12.0. The van der Waals surface area contributed by atoms with Crippen LogP contribution in [-0.4, -0.2) is 35.8 Å². The standard InChI is InChI=1S/C43H52NO4P/c1-27-15-28(2)20-35(19-27)42(36-21-29(3)16-30(4)22-36)39-40(46-41(9,10)45-39)43(37-23-31(5)17-32(6)24-37,38-25-33(7)18-34(8)26-38)48-49(47-42)44-13-11-12-14-44/h15-26,39-40H,11-14H2,1-10H3/t39-,40-/m1/s1. The molecule has 4 aromatic carbocycles. The summed E-state index contributed by atoms with van der Waals surface area (Å²) < 4.78 is 32.8. The third kappa shape index (κ3) is 6.22. The van der Waals surface area contributed by atoms with Crippen molar-refractivity contribution in [3.8, 4) is 0 Å². The molecule has 258 valence electrons. The van der Waals surface area contributed by atoms with Gasteiger partial charge in [-0.3, -0.25) is 0 Å². The zero-order valence-corrected chi connectivity index (χ0v) is 31.8. The van der Waals surface area contributed by atoms with E-state index in [1.807, 2.05) is 13.8 Å². The van der Waals surface area contributed by atoms with Gasteiger partial charge in [-0.15, -0.1) is 0 Å². The van der Waals surface area contributed by atoms with Crippen LogP contribution in [0.25, 0.3) is 0 Å². The molecule has 2 atom stereocenters. The Bertz CT molecular complexity index is 1580. The van der Waals surface area contributed by atoms with Gasteiger partial charge in [0, 0.05) is 13.1 Å². The Morgan fingerprint density at radius 3 is 1.00 bits per heavy atom. The summed E-state index contributed by atoms with van der Waals surface area (Å²) in [6.45, 7) is 23.3. The molecular weight excluding hydrogens is 625 g/mol. The average Bonchev–Trinajstić information content (AvgIpc) is 3.61. The molecule has 3 heterocycles. The summed E-state index contributed by atoms with van der Waals surface area (Å²) in [6.07, 6.45) is 1.08. The zero-order valence-electron chi connectivity index (χ0n) is 30.9. The highest BCUT2D eigenvalue weighted by Crippen LogP contribution is 2.66. The van der Waals surface area contributed by atoms with E-state index in [4.69, 9.17) is 18.5 Å². The largest absolute Gasteiger partial charge is 0.341 e. The van der Waals surface area contributed by atoms with Crippen LogP contribution >= 0.6 is 8.53 Å². The van der Waals surface area contributed by atoms with E-state index in [2.05, 4.69) is 133 Å². The lowest BCUT2D eigenvalue weighted by molar-refractivity contribution is -0.175. The molecule has 0 unspecified atom stereocenters. The lowest BCUT2D eigenvalue weighted by atomic mass is 9.70. The van der Waals surface area contributed by atoms with Gasteiger partial charge in [0.2, 0.25) is 0 Å². The SMILES string of the molecule is Cc1cc(C)cc(C2(c3cc(C)cc(C)c3)OP(N3CCCC3)OC(c3cc(C)cc(C)c3)(c3cc(C)cc(C)c3)[C@@H]3OC(C)(C)O[C@H]32)c1. The van der Waals surface area contributed by atoms with Gasteiger partial charge in [-0.1, -0.05) is 117 Å². The van der Waals surface area contributed by atoms with Crippen LogP contribution in [0.3, 0.4) is 0 Å². The first-order valence-corrected chi connectivity index (χ1v) is 19.0. The first-order valence-electron chi connectivity index (χ1n) is 17.8. The van der Waals surface area contributed by atoms with E-state index in [1.165, 1.54) is 44.5 Å². The molecule has 3 fully saturated rings. The molecule has 4 aromatic rings. The van der Waals surface area contributed by atoms with Crippen molar-refractivity contribution in [2.45, 2.75) is 111 Å². The number of fused-ring (bicyclic) bond motifs is 1. The van der Waals surface area contributed by atoms with Crippen molar-refractivity contribution >= 4 is 8.53 Å². The zero-order chi connectivity index (χ0) is 34.9. The molecule has 0 aromatic heterocycles. The monoisotopic (exact) mass is 677 g/mol. The second-order valence-electron chi connectivity index (χ2n) is 15.5. The Morgan fingerprint density at radius 2 is 0.735 bits per heavy atom. The number of aryl methyl sites for hydroxylation is 8. The van der Waals surface area contributed by atoms with Crippen LogP contribution < -0.4 is 0 Å². The van der Waals surface area contributed by atoms with Gasteiger partial charge in [-0.05, 0) is 104 Å². The minimum Gasteiger partial charge on any atom is -0.341 e. The fraction of sp³-hybridized carbons (Fsp3) is 0.442. The first-order chi connectivity index (χ1) is 23.2. The smallest absolute Gasteiger partial charge is 0.261 e. The highest BCUT2D eigenvalue weighted by atomic mass is 31.2. The summed E-state index contributed by atoms with van der Waals surface area (Å²) >= 11 is 0. The summed E-state index contributed by atoms with van der Waals surface area (Å²) in [5.74, 6) is -0.915. The van der Waals surface area contributed by atoms with E-state index in [0.29, 0.717) is 0 Å². The van der Waals surface area contributed by atoms with Crippen LogP contribution in [0.1, 0.15) is 93.5 Å². The summed E-state index contributed by atoms with van der Waals surface area (Å²) in [5.41, 5.74) is 11.7. The van der Waals surface area contributed by atoms with Gasteiger partial charge in [0.1, 0.15) is 12.2 Å². The third-order valence-electron chi connectivity index (χ3n) is 10.3. The van der Waals surface area contributed by atoms with Crippen LogP contribution in [0.5, 0.6) is 0 Å². The van der Waals surface area contributed by atoms with Gasteiger partial charge in [-0.2, -0.15) is 0 Å². The minimum atomic E-state index is -1.63. The molecule has 0 saturated carbocycles. The number of ether oxygens (including phenoxy) is 2. The van der Waals surface area contributed by atoms with Crippen LogP contribution in [0.4, 0.5) is 0 Å². The molecule has 0 bridgehead atoms. The van der Waals surface area contributed by atoms with Crippen molar-refractivity contribution in [1.29, 1.82) is 0 Å². The maximum Gasteiger partial charge on any atom is 0.261 e. The fourth-order valence-electron chi connectivity index (χ4n) is 8.66. The van der Waals surface area contributed by atoms with Gasteiger partial charge in [0.15, 0.2) is 17.0 Å². The molecule has 3 aliphatic rings. The second-order valence-corrected chi connectivity index (χ2v) is 16.9. The number of hydrogen-bond acceptors (Lipinski definition) is 5. The molecule has 49 heavy (non-hydrogen) atoms. The summed E-state index contributed by atoms with van der Waals surface area (Å²) in [4.78, 5) is 0. The number of rotatable bonds is 5. The van der Waals surface area contributed by atoms with E-state index in [1.54, 1.807) is 0 Å². The molecule has 3 saturated heterocycles.